The molecule has 0 aliphatic carbocycles. The van der Waals surface area contributed by atoms with Crippen LogP contribution in [0.3, 0.4) is 0 Å². The molecule has 1 fully saturated rings. The highest BCUT2D eigenvalue weighted by Gasteiger charge is 2.40. The Morgan fingerprint density at radius 3 is 2.33 bits per heavy atom. The van der Waals surface area contributed by atoms with Crippen molar-refractivity contribution in [3.05, 3.63) is 29.8 Å². The third-order valence-electron chi connectivity index (χ3n) is 5.00. The molecule has 0 spiro atoms. The summed E-state index contributed by atoms with van der Waals surface area (Å²) in [5.74, 6) is 0.654. The zero-order valence-electron chi connectivity index (χ0n) is 15.6. The summed E-state index contributed by atoms with van der Waals surface area (Å²) in [5.41, 5.74) is 0.816. The monoisotopic (exact) mass is 330 g/mol. The molecular weight excluding hydrogens is 300 g/mol. The van der Waals surface area contributed by atoms with Crippen molar-refractivity contribution in [3.8, 4) is 0 Å². The van der Waals surface area contributed by atoms with Crippen molar-refractivity contribution in [1.82, 2.24) is 4.90 Å². The molecule has 1 N–H and O–H groups in total. The van der Waals surface area contributed by atoms with Crippen LogP contribution in [0.25, 0.3) is 0 Å². The maximum Gasteiger partial charge on any atom is 0.239 e. The number of carbonyl (C=O) groups is 2. The minimum Gasteiger partial charge on any atom is -0.342 e. The van der Waals surface area contributed by atoms with E-state index in [4.69, 9.17) is 0 Å². The van der Waals surface area contributed by atoms with E-state index >= 15 is 0 Å². The minimum absolute atomic E-state index is 0.0751. The number of nitrogens with zero attached hydrogens (tertiary/aromatic N) is 1. The number of amides is 2. The van der Waals surface area contributed by atoms with Crippen molar-refractivity contribution in [3.63, 3.8) is 0 Å². The summed E-state index contributed by atoms with van der Waals surface area (Å²) >= 11 is 0. The molecule has 0 atom stereocenters. The van der Waals surface area contributed by atoms with Gasteiger partial charge in [-0.05, 0) is 50.2 Å². The Morgan fingerprint density at radius 2 is 1.75 bits per heavy atom. The second kappa shape index (κ2) is 7.37. The van der Waals surface area contributed by atoms with Crippen molar-refractivity contribution in [2.45, 2.75) is 53.4 Å². The number of rotatable bonds is 4. The lowest BCUT2D eigenvalue weighted by Crippen LogP contribution is -2.49. The standard InChI is InChI=1S/C20H30N2O2/c1-14(2)16-8-6-7-9-17(16)21-18(23)20(4,5)19(24)22-12-10-15(3)11-13-22/h6-9,14-15H,10-13H2,1-5H3,(H,21,23). The predicted octanol–water partition coefficient (Wildman–Crippen LogP) is 4.03. The normalized spacial score (nSPS) is 16.3. The molecule has 24 heavy (non-hydrogen) atoms. The second-order valence-corrected chi connectivity index (χ2v) is 7.80. The fraction of sp³-hybridized carbons (Fsp3) is 0.600. The predicted molar refractivity (Wildman–Crippen MR) is 97.9 cm³/mol. The average molecular weight is 330 g/mol. The van der Waals surface area contributed by atoms with Crippen molar-refractivity contribution < 1.29 is 9.59 Å². The van der Waals surface area contributed by atoms with Crippen molar-refractivity contribution in [1.29, 1.82) is 0 Å². The van der Waals surface area contributed by atoms with Crippen LogP contribution in [0.2, 0.25) is 0 Å². The van der Waals surface area contributed by atoms with Gasteiger partial charge >= 0.3 is 0 Å². The van der Waals surface area contributed by atoms with Gasteiger partial charge in [0, 0.05) is 18.8 Å². The molecule has 4 heteroatoms. The summed E-state index contributed by atoms with van der Waals surface area (Å²) < 4.78 is 0. The highest BCUT2D eigenvalue weighted by molar-refractivity contribution is 6.10. The van der Waals surface area contributed by atoms with E-state index in [0.717, 1.165) is 37.2 Å². The Kier molecular flexibility index (Phi) is 5.68. The number of anilines is 1. The molecule has 4 nitrogen and oxygen atoms in total. The highest BCUT2D eigenvalue weighted by atomic mass is 16.2. The van der Waals surface area contributed by atoms with Crippen molar-refractivity contribution >= 4 is 17.5 Å². The maximum atomic E-state index is 12.8. The van der Waals surface area contributed by atoms with Gasteiger partial charge in [0.2, 0.25) is 11.8 Å². The first-order valence-electron chi connectivity index (χ1n) is 8.93. The van der Waals surface area contributed by atoms with E-state index in [2.05, 4.69) is 26.1 Å². The summed E-state index contributed by atoms with van der Waals surface area (Å²) in [6.45, 7) is 11.3. The van der Waals surface area contributed by atoms with Gasteiger partial charge in [-0.3, -0.25) is 9.59 Å². The van der Waals surface area contributed by atoms with Gasteiger partial charge in [-0.1, -0.05) is 39.0 Å². The topological polar surface area (TPSA) is 49.4 Å². The van der Waals surface area contributed by atoms with E-state index in [9.17, 15) is 9.59 Å². The van der Waals surface area contributed by atoms with Crippen molar-refractivity contribution in [2.24, 2.45) is 11.3 Å². The summed E-state index contributed by atoms with van der Waals surface area (Å²) in [7, 11) is 0. The number of hydrogen-bond donors (Lipinski definition) is 1. The molecule has 2 amide bonds. The molecule has 1 aromatic rings. The smallest absolute Gasteiger partial charge is 0.239 e. The largest absolute Gasteiger partial charge is 0.342 e. The molecule has 1 aliphatic heterocycles. The molecular formula is C20H30N2O2. The first-order chi connectivity index (χ1) is 11.2. The van der Waals surface area contributed by atoms with Gasteiger partial charge in [0.1, 0.15) is 5.41 Å². The Morgan fingerprint density at radius 1 is 1.17 bits per heavy atom. The molecule has 1 aromatic carbocycles. The highest BCUT2D eigenvalue weighted by Crippen LogP contribution is 2.28. The molecule has 0 radical (unpaired) electrons. The SMILES string of the molecule is CC1CCN(C(=O)C(C)(C)C(=O)Nc2ccccc2C(C)C)CC1. The first kappa shape index (κ1) is 18.5. The summed E-state index contributed by atoms with van der Waals surface area (Å²) in [6.07, 6.45) is 2.03. The fourth-order valence-electron chi connectivity index (χ4n) is 3.10. The Bertz CT molecular complexity index is 599. The molecule has 0 saturated carbocycles. The molecule has 2 rings (SSSR count). The lowest BCUT2D eigenvalue weighted by molar-refractivity contribution is -0.147. The Labute approximate surface area is 145 Å². The van der Waals surface area contributed by atoms with E-state index < -0.39 is 5.41 Å². The zero-order chi connectivity index (χ0) is 17.9. The van der Waals surface area contributed by atoms with Crippen LogP contribution >= 0.6 is 0 Å². The van der Waals surface area contributed by atoms with E-state index in [1.54, 1.807) is 13.8 Å². The number of likely N-dealkylation sites (tertiary alicyclic amines) is 1. The van der Waals surface area contributed by atoms with Gasteiger partial charge in [-0.25, -0.2) is 0 Å². The molecule has 1 aliphatic rings. The minimum atomic E-state index is -1.06. The van der Waals surface area contributed by atoms with Crippen LogP contribution in [-0.2, 0) is 9.59 Å². The van der Waals surface area contributed by atoms with Crippen molar-refractivity contribution in [2.75, 3.05) is 18.4 Å². The van der Waals surface area contributed by atoms with Crippen LogP contribution in [0, 0.1) is 11.3 Å². The fourth-order valence-corrected chi connectivity index (χ4v) is 3.10. The van der Waals surface area contributed by atoms with Crippen LogP contribution in [0.15, 0.2) is 24.3 Å². The second-order valence-electron chi connectivity index (χ2n) is 7.80. The number of piperidine rings is 1. The summed E-state index contributed by atoms with van der Waals surface area (Å²) in [4.78, 5) is 27.5. The Balaban J connectivity index is 2.11. The van der Waals surface area contributed by atoms with E-state index in [-0.39, 0.29) is 11.8 Å². The van der Waals surface area contributed by atoms with E-state index in [0.29, 0.717) is 11.8 Å². The van der Waals surface area contributed by atoms with Crippen LogP contribution in [0.4, 0.5) is 5.69 Å². The Hall–Kier alpha value is -1.84. The van der Waals surface area contributed by atoms with E-state index in [1.807, 2.05) is 29.2 Å². The molecule has 132 valence electrons. The van der Waals surface area contributed by atoms with Crippen LogP contribution in [0.1, 0.15) is 58.9 Å². The lowest BCUT2D eigenvalue weighted by atomic mass is 9.88. The number of carbonyl (C=O) groups excluding carboxylic acids is 2. The van der Waals surface area contributed by atoms with Gasteiger partial charge in [-0.15, -0.1) is 0 Å². The summed E-state index contributed by atoms with van der Waals surface area (Å²) in [5, 5.41) is 2.97. The number of nitrogens with one attached hydrogen (secondary N) is 1. The quantitative estimate of drug-likeness (QED) is 0.847. The van der Waals surface area contributed by atoms with Gasteiger partial charge in [0.15, 0.2) is 0 Å². The molecule has 1 saturated heterocycles. The summed E-state index contributed by atoms with van der Waals surface area (Å²) in [6, 6.07) is 7.79. The van der Waals surface area contributed by atoms with Crippen LogP contribution in [0.5, 0.6) is 0 Å². The third kappa shape index (κ3) is 3.97. The maximum absolute atomic E-state index is 12.8. The lowest BCUT2D eigenvalue weighted by Gasteiger charge is -2.35. The van der Waals surface area contributed by atoms with E-state index in [1.165, 1.54) is 0 Å². The number of para-hydroxylation sites is 1. The molecule has 0 unspecified atom stereocenters. The third-order valence-corrected chi connectivity index (χ3v) is 5.00. The van der Waals surface area contributed by atoms with Crippen LogP contribution in [-0.4, -0.2) is 29.8 Å². The molecule has 1 heterocycles. The van der Waals surface area contributed by atoms with Gasteiger partial charge in [0.05, 0.1) is 0 Å². The number of hydrogen-bond acceptors (Lipinski definition) is 2. The van der Waals surface area contributed by atoms with Gasteiger partial charge in [-0.2, -0.15) is 0 Å². The van der Waals surface area contributed by atoms with Crippen LogP contribution < -0.4 is 5.32 Å². The molecule has 0 aromatic heterocycles. The average Bonchev–Trinajstić information content (AvgIpc) is 2.55. The van der Waals surface area contributed by atoms with Gasteiger partial charge in [0.25, 0.3) is 0 Å². The number of benzene rings is 1. The first-order valence-corrected chi connectivity index (χ1v) is 8.93. The molecule has 0 bridgehead atoms. The zero-order valence-corrected chi connectivity index (χ0v) is 15.6. The van der Waals surface area contributed by atoms with Gasteiger partial charge < -0.3 is 10.2 Å².